The molecule has 2 aliphatic rings. The van der Waals surface area contributed by atoms with Crippen LogP contribution in [0, 0.1) is 18.8 Å². The third-order valence-electron chi connectivity index (χ3n) is 6.35. The molecular weight excluding hydrogens is 394 g/mol. The Morgan fingerprint density at radius 3 is 2.63 bits per heavy atom. The topological polar surface area (TPSA) is 45.7 Å². The Morgan fingerprint density at radius 1 is 1.17 bits per heavy atom. The number of nitrogens with zero attached hydrogens (tertiary/aromatic N) is 3. The molecule has 1 atom stereocenters. The van der Waals surface area contributed by atoms with Gasteiger partial charge in [-0.3, -0.25) is 4.79 Å². The Kier molecular flexibility index (Phi) is 7.05. The second-order valence-electron chi connectivity index (χ2n) is 8.91. The first-order valence-corrected chi connectivity index (χ1v) is 12.1. The number of amides is 1. The first-order chi connectivity index (χ1) is 14.6. The van der Waals surface area contributed by atoms with E-state index in [0.717, 1.165) is 54.0 Å². The number of hydrogen-bond donors (Lipinski definition) is 0. The van der Waals surface area contributed by atoms with Gasteiger partial charge in [-0.25, -0.2) is 4.98 Å². The third kappa shape index (κ3) is 5.61. The number of hydrogen-bond acceptors (Lipinski definition) is 5. The predicted octanol–water partition coefficient (Wildman–Crippen LogP) is 4.61. The van der Waals surface area contributed by atoms with Crippen LogP contribution in [0.1, 0.15) is 53.7 Å². The SMILES string of the molecule is Cc1nc(COc2ccc(C(=O)N3CCCC(CN4CCC(C)CC4)C3)cc2)cs1. The molecule has 0 radical (unpaired) electrons. The number of ether oxygens (including phenoxy) is 1. The highest BCUT2D eigenvalue weighted by molar-refractivity contribution is 7.09. The van der Waals surface area contributed by atoms with Crippen molar-refractivity contribution in [1.82, 2.24) is 14.8 Å². The summed E-state index contributed by atoms with van der Waals surface area (Å²) in [7, 11) is 0. The summed E-state index contributed by atoms with van der Waals surface area (Å²) in [5, 5.41) is 3.06. The van der Waals surface area contributed by atoms with E-state index < -0.39 is 0 Å². The number of carbonyl (C=O) groups excluding carboxylic acids is 1. The van der Waals surface area contributed by atoms with Gasteiger partial charge in [0.25, 0.3) is 5.91 Å². The minimum atomic E-state index is 0.147. The van der Waals surface area contributed by atoms with Gasteiger partial charge in [-0.1, -0.05) is 6.92 Å². The van der Waals surface area contributed by atoms with Crippen molar-refractivity contribution < 1.29 is 9.53 Å². The Bertz CT molecular complexity index is 827. The monoisotopic (exact) mass is 427 g/mol. The summed E-state index contributed by atoms with van der Waals surface area (Å²) in [4.78, 5) is 22.1. The molecule has 0 spiro atoms. The van der Waals surface area contributed by atoms with Crippen LogP contribution < -0.4 is 4.74 Å². The molecule has 4 rings (SSSR count). The van der Waals surface area contributed by atoms with E-state index >= 15 is 0 Å². The van der Waals surface area contributed by atoms with E-state index in [1.807, 2.05) is 36.6 Å². The molecule has 2 saturated heterocycles. The van der Waals surface area contributed by atoms with Crippen LogP contribution in [0.15, 0.2) is 29.6 Å². The van der Waals surface area contributed by atoms with Gasteiger partial charge in [0.15, 0.2) is 0 Å². The van der Waals surface area contributed by atoms with Crippen molar-refractivity contribution >= 4 is 17.2 Å². The van der Waals surface area contributed by atoms with Crippen LogP contribution in [0.25, 0.3) is 0 Å². The van der Waals surface area contributed by atoms with Crippen LogP contribution in [0.4, 0.5) is 0 Å². The summed E-state index contributed by atoms with van der Waals surface area (Å²) in [5.41, 5.74) is 1.69. The number of likely N-dealkylation sites (tertiary alicyclic amines) is 2. The molecule has 0 aliphatic carbocycles. The normalized spacial score (nSPS) is 21.0. The van der Waals surface area contributed by atoms with Crippen LogP contribution >= 0.6 is 11.3 Å². The molecule has 1 unspecified atom stereocenters. The fraction of sp³-hybridized carbons (Fsp3) is 0.583. The molecule has 0 saturated carbocycles. The fourth-order valence-corrected chi connectivity index (χ4v) is 5.11. The maximum Gasteiger partial charge on any atom is 0.253 e. The number of carbonyl (C=O) groups is 1. The molecule has 2 aliphatic heterocycles. The van der Waals surface area contributed by atoms with Crippen molar-refractivity contribution in [3.63, 3.8) is 0 Å². The van der Waals surface area contributed by atoms with Gasteiger partial charge in [0.2, 0.25) is 0 Å². The van der Waals surface area contributed by atoms with Crippen molar-refractivity contribution in [2.24, 2.45) is 11.8 Å². The van der Waals surface area contributed by atoms with Crippen molar-refractivity contribution in [2.45, 2.75) is 46.1 Å². The quantitative estimate of drug-likeness (QED) is 0.675. The number of thiazole rings is 1. The number of benzene rings is 1. The zero-order chi connectivity index (χ0) is 20.9. The summed E-state index contributed by atoms with van der Waals surface area (Å²) in [6.07, 6.45) is 4.96. The molecule has 2 aromatic rings. The second kappa shape index (κ2) is 9.92. The maximum atomic E-state index is 13.0. The highest BCUT2D eigenvalue weighted by Crippen LogP contribution is 2.23. The summed E-state index contributed by atoms with van der Waals surface area (Å²) < 4.78 is 5.81. The fourth-order valence-electron chi connectivity index (χ4n) is 4.52. The van der Waals surface area contributed by atoms with Gasteiger partial charge >= 0.3 is 0 Å². The lowest BCUT2D eigenvalue weighted by Crippen LogP contribution is -2.45. The third-order valence-corrected chi connectivity index (χ3v) is 7.18. The Morgan fingerprint density at radius 2 is 1.93 bits per heavy atom. The van der Waals surface area contributed by atoms with E-state index in [0.29, 0.717) is 12.5 Å². The zero-order valence-corrected chi connectivity index (χ0v) is 19.0. The molecule has 3 heterocycles. The molecule has 5 nitrogen and oxygen atoms in total. The molecule has 2 fully saturated rings. The average molecular weight is 428 g/mol. The van der Waals surface area contributed by atoms with E-state index in [9.17, 15) is 4.79 Å². The summed E-state index contributed by atoms with van der Waals surface area (Å²) >= 11 is 1.63. The van der Waals surface area contributed by atoms with Crippen molar-refractivity contribution in [2.75, 3.05) is 32.7 Å². The largest absolute Gasteiger partial charge is 0.487 e. The van der Waals surface area contributed by atoms with E-state index in [1.54, 1.807) is 11.3 Å². The lowest BCUT2D eigenvalue weighted by Gasteiger charge is -2.38. The summed E-state index contributed by atoms with van der Waals surface area (Å²) in [5.74, 6) is 2.38. The van der Waals surface area contributed by atoms with Crippen LogP contribution in [-0.4, -0.2) is 53.4 Å². The van der Waals surface area contributed by atoms with Crippen LogP contribution in [-0.2, 0) is 6.61 Å². The molecule has 6 heteroatoms. The number of rotatable bonds is 6. The summed E-state index contributed by atoms with van der Waals surface area (Å²) in [6.45, 7) is 10.1. The summed E-state index contributed by atoms with van der Waals surface area (Å²) in [6, 6.07) is 7.56. The van der Waals surface area contributed by atoms with Gasteiger partial charge in [0.05, 0.1) is 10.7 Å². The Hall–Kier alpha value is -1.92. The van der Waals surface area contributed by atoms with Gasteiger partial charge in [-0.2, -0.15) is 0 Å². The Balaban J connectivity index is 1.28. The highest BCUT2D eigenvalue weighted by atomic mass is 32.1. The lowest BCUT2D eigenvalue weighted by molar-refractivity contribution is 0.0622. The Labute approximate surface area is 184 Å². The average Bonchev–Trinajstić information content (AvgIpc) is 3.19. The molecule has 1 aromatic carbocycles. The maximum absolute atomic E-state index is 13.0. The van der Waals surface area contributed by atoms with Gasteiger partial charge in [-0.15, -0.1) is 11.3 Å². The number of aryl methyl sites for hydroxylation is 1. The van der Waals surface area contributed by atoms with Crippen molar-refractivity contribution in [3.05, 3.63) is 45.9 Å². The molecular formula is C24H33N3O2S. The lowest BCUT2D eigenvalue weighted by atomic mass is 9.94. The molecule has 162 valence electrons. The van der Waals surface area contributed by atoms with E-state index in [2.05, 4.69) is 21.7 Å². The van der Waals surface area contributed by atoms with E-state index in [-0.39, 0.29) is 5.91 Å². The van der Waals surface area contributed by atoms with Crippen LogP contribution in [0.2, 0.25) is 0 Å². The van der Waals surface area contributed by atoms with Gasteiger partial charge in [0, 0.05) is 30.6 Å². The van der Waals surface area contributed by atoms with Gasteiger partial charge in [-0.05, 0) is 81.8 Å². The predicted molar refractivity (Wildman–Crippen MR) is 121 cm³/mol. The first-order valence-electron chi connectivity index (χ1n) is 11.2. The van der Waals surface area contributed by atoms with E-state index in [1.165, 1.54) is 32.4 Å². The van der Waals surface area contributed by atoms with E-state index in [4.69, 9.17) is 4.74 Å². The second-order valence-corrected chi connectivity index (χ2v) is 9.98. The molecule has 0 N–H and O–H groups in total. The minimum absolute atomic E-state index is 0.147. The van der Waals surface area contributed by atoms with Crippen LogP contribution in [0.5, 0.6) is 5.75 Å². The smallest absolute Gasteiger partial charge is 0.253 e. The van der Waals surface area contributed by atoms with Gasteiger partial charge < -0.3 is 14.5 Å². The van der Waals surface area contributed by atoms with Crippen molar-refractivity contribution in [3.8, 4) is 5.75 Å². The van der Waals surface area contributed by atoms with Crippen LogP contribution in [0.3, 0.4) is 0 Å². The minimum Gasteiger partial charge on any atom is -0.487 e. The molecule has 1 aromatic heterocycles. The highest BCUT2D eigenvalue weighted by Gasteiger charge is 2.27. The molecule has 30 heavy (non-hydrogen) atoms. The number of piperidine rings is 2. The zero-order valence-electron chi connectivity index (χ0n) is 18.2. The molecule has 0 bridgehead atoms. The standard InChI is InChI=1S/C24H33N3O2S/c1-18-9-12-26(13-10-18)14-20-4-3-11-27(15-20)24(28)21-5-7-23(8-6-21)29-16-22-17-30-19(2)25-22/h5-8,17-18,20H,3-4,9-16H2,1-2H3. The van der Waals surface area contributed by atoms with Crippen molar-refractivity contribution in [1.29, 1.82) is 0 Å². The number of aromatic nitrogens is 1. The van der Waals surface area contributed by atoms with Gasteiger partial charge in [0.1, 0.15) is 12.4 Å². The molecule has 1 amide bonds. The first kappa shape index (κ1) is 21.3.